The number of hydrogen-bond donors (Lipinski definition) is 2. The molecule has 8 rings (SSSR count). The molecule has 6 aromatic rings. The number of aromatic nitrogens is 3. The standard InChI is InChI=1S/C37H36ClIN6O/c38-25-12-14-34-30(20-25)31-21-26(39)13-15-35(31)45(34)23-27(46)22-43-16-18-44(19-17-43)37-41-33-10-4-3-9-29(33)36(42-37)40-32-11-5-7-24-6-1-2-8-28(24)32/h3-5,7,9-15,20-21,27,46H,1-2,6,8,16-19,22-23H2,(H,40,41,42). The van der Waals surface area contributed by atoms with E-state index in [4.69, 9.17) is 21.6 Å². The molecule has 0 spiro atoms. The molecule has 1 saturated heterocycles. The van der Waals surface area contributed by atoms with Gasteiger partial charge in [0.25, 0.3) is 0 Å². The van der Waals surface area contributed by atoms with Gasteiger partial charge in [-0.3, -0.25) is 4.90 Å². The summed E-state index contributed by atoms with van der Waals surface area (Å²) >= 11 is 8.72. The van der Waals surface area contributed by atoms with Crippen LogP contribution in [0.3, 0.4) is 0 Å². The Kier molecular flexibility index (Phi) is 8.22. The number of para-hydroxylation sites is 1. The fourth-order valence-electron chi connectivity index (χ4n) is 7.27. The summed E-state index contributed by atoms with van der Waals surface area (Å²) < 4.78 is 3.42. The van der Waals surface area contributed by atoms with Crippen LogP contribution in [0.4, 0.5) is 17.5 Å². The van der Waals surface area contributed by atoms with E-state index >= 15 is 0 Å². The van der Waals surface area contributed by atoms with Crippen LogP contribution in [0, 0.1) is 3.57 Å². The number of nitrogens with one attached hydrogen (secondary N) is 1. The maximum atomic E-state index is 11.3. The highest BCUT2D eigenvalue weighted by molar-refractivity contribution is 14.1. The molecule has 0 radical (unpaired) electrons. The molecular formula is C37H36ClIN6O. The van der Waals surface area contributed by atoms with Gasteiger partial charge in [0, 0.05) is 74.2 Å². The second-order valence-electron chi connectivity index (χ2n) is 12.5. The first-order valence-electron chi connectivity index (χ1n) is 16.2. The lowest BCUT2D eigenvalue weighted by atomic mass is 9.90. The number of nitrogens with zero attached hydrogens (tertiary/aromatic N) is 5. The van der Waals surface area contributed by atoms with Gasteiger partial charge in [0.1, 0.15) is 5.82 Å². The lowest BCUT2D eigenvalue weighted by Gasteiger charge is -2.36. The molecule has 2 aliphatic rings. The quantitative estimate of drug-likeness (QED) is 0.163. The Morgan fingerprint density at radius 3 is 2.46 bits per heavy atom. The molecule has 234 valence electrons. The summed E-state index contributed by atoms with van der Waals surface area (Å²) in [6.07, 6.45) is 4.23. The van der Waals surface area contributed by atoms with Gasteiger partial charge in [-0.1, -0.05) is 35.9 Å². The van der Waals surface area contributed by atoms with Crippen LogP contribution in [0.5, 0.6) is 0 Å². The van der Waals surface area contributed by atoms with Gasteiger partial charge in [-0.05, 0) is 114 Å². The molecule has 1 unspecified atom stereocenters. The Balaban J connectivity index is 0.981. The first kappa shape index (κ1) is 29.9. The van der Waals surface area contributed by atoms with Crippen LogP contribution in [-0.4, -0.2) is 63.4 Å². The number of piperazine rings is 1. The number of halogens is 2. The maximum absolute atomic E-state index is 11.3. The van der Waals surface area contributed by atoms with Crippen LogP contribution in [0.2, 0.25) is 5.02 Å². The van der Waals surface area contributed by atoms with Crippen molar-refractivity contribution in [1.29, 1.82) is 0 Å². The number of β-amino-alcohol motifs (C(OH)–C–C–N with tert-alkyl or cyclic N) is 1. The zero-order valence-electron chi connectivity index (χ0n) is 25.6. The summed E-state index contributed by atoms with van der Waals surface area (Å²) in [4.78, 5) is 14.7. The van der Waals surface area contributed by atoms with Gasteiger partial charge < -0.3 is 19.9 Å². The van der Waals surface area contributed by atoms with E-state index in [2.05, 4.69) is 103 Å². The number of rotatable bonds is 7. The lowest BCUT2D eigenvalue weighted by Crippen LogP contribution is -2.49. The second-order valence-corrected chi connectivity index (χ2v) is 14.2. The summed E-state index contributed by atoms with van der Waals surface area (Å²) in [5.74, 6) is 1.62. The molecular weight excluding hydrogens is 707 g/mol. The first-order valence-corrected chi connectivity index (χ1v) is 17.6. The van der Waals surface area contributed by atoms with Gasteiger partial charge >= 0.3 is 0 Å². The number of anilines is 3. The largest absolute Gasteiger partial charge is 0.390 e. The predicted molar refractivity (Wildman–Crippen MR) is 198 cm³/mol. The van der Waals surface area contributed by atoms with E-state index in [9.17, 15) is 5.11 Å². The normalized spacial score (nSPS) is 16.3. The van der Waals surface area contributed by atoms with Gasteiger partial charge in [0.15, 0.2) is 0 Å². The van der Waals surface area contributed by atoms with Gasteiger partial charge in [0.2, 0.25) is 5.95 Å². The average Bonchev–Trinajstić information content (AvgIpc) is 3.36. The minimum atomic E-state index is -0.509. The third kappa shape index (κ3) is 5.81. The number of aryl methyl sites for hydroxylation is 1. The Labute approximate surface area is 287 Å². The van der Waals surface area contributed by atoms with E-state index in [1.807, 2.05) is 18.2 Å². The van der Waals surface area contributed by atoms with Crippen molar-refractivity contribution in [3.63, 3.8) is 0 Å². The van der Waals surface area contributed by atoms with Gasteiger partial charge in [0.05, 0.1) is 18.2 Å². The Hall–Kier alpha value is -3.44. The monoisotopic (exact) mass is 742 g/mol. The molecule has 4 aromatic carbocycles. The van der Waals surface area contributed by atoms with Crippen LogP contribution >= 0.6 is 34.2 Å². The van der Waals surface area contributed by atoms with Crippen LogP contribution in [-0.2, 0) is 19.4 Å². The van der Waals surface area contributed by atoms with E-state index in [1.165, 1.54) is 32.9 Å². The highest BCUT2D eigenvalue weighted by Gasteiger charge is 2.24. The van der Waals surface area contributed by atoms with Crippen molar-refractivity contribution in [2.45, 2.75) is 38.3 Å². The fourth-order valence-corrected chi connectivity index (χ4v) is 7.93. The molecule has 1 aliphatic heterocycles. The summed E-state index contributed by atoms with van der Waals surface area (Å²) in [6, 6.07) is 27.3. The van der Waals surface area contributed by atoms with E-state index < -0.39 is 6.10 Å². The summed E-state index contributed by atoms with van der Waals surface area (Å²) in [6.45, 7) is 4.41. The third-order valence-corrected chi connectivity index (χ3v) is 10.5. The van der Waals surface area contributed by atoms with Crippen molar-refractivity contribution in [1.82, 2.24) is 19.4 Å². The maximum Gasteiger partial charge on any atom is 0.227 e. The number of aliphatic hydroxyl groups excluding tert-OH is 1. The molecule has 0 amide bonds. The van der Waals surface area contributed by atoms with Crippen molar-refractivity contribution in [3.05, 3.63) is 98.6 Å². The number of fused-ring (bicyclic) bond motifs is 5. The molecule has 0 saturated carbocycles. The summed E-state index contributed by atoms with van der Waals surface area (Å²) in [7, 11) is 0. The third-order valence-electron chi connectivity index (χ3n) is 9.55. The van der Waals surface area contributed by atoms with Crippen LogP contribution < -0.4 is 10.2 Å². The highest BCUT2D eigenvalue weighted by Crippen LogP contribution is 2.34. The van der Waals surface area contributed by atoms with Crippen LogP contribution in [0.15, 0.2) is 78.9 Å². The summed E-state index contributed by atoms with van der Waals surface area (Å²) in [5, 5.41) is 19.1. The zero-order valence-corrected chi connectivity index (χ0v) is 28.5. The van der Waals surface area contributed by atoms with E-state index in [-0.39, 0.29) is 0 Å². The van der Waals surface area contributed by atoms with Gasteiger partial charge in [-0.25, -0.2) is 4.98 Å². The van der Waals surface area contributed by atoms with Crippen LogP contribution in [0.1, 0.15) is 24.0 Å². The predicted octanol–water partition coefficient (Wildman–Crippen LogP) is 7.80. The second kappa shape index (κ2) is 12.6. The fraction of sp³-hybridized carbons (Fsp3) is 0.297. The molecule has 1 aliphatic carbocycles. The van der Waals surface area contributed by atoms with E-state index in [0.29, 0.717) is 13.1 Å². The molecule has 1 atom stereocenters. The van der Waals surface area contributed by atoms with Crippen molar-refractivity contribution in [2.24, 2.45) is 0 Å². The van der Waals surface area contributed by atoms with Crippen molar-refractivity contribution >= 4 is 84.4 Å². The van der Waals surface area contributed by atoms with E-state index in [0.717, 1.165) is 88.8 Å². The zero-order chi connectivity index (χ0) is 31.2. The van der Waals surface area contributed by atoms with Crippen molar-refractivity contribution < 1.29 is 5.11 Å². The molecule has 9 heteroatoms. The molecule has 2 aromatic heterocycles. The minimum Gasteiger partial charge on any atom is -0.390 e. The smallest absolute Gasteiger partial charge is 0.227 e. The summed E-state index contributed by atoms with van der Waals surface area (Å²) in [5.41, 5.74) is 7.19. The van der Waals surface area contributed by atoms with Gasteiger partial charge in [-0.15, -0.1) is 0 Å². The molecule has 7 nitrogen and oxygen atoms in total. The average molecular weight is 743 g/mol. The van der Waals surface area contributed by atoms with Crippen molar-refractivity contribution in [3.8, 4) is 0 Å². The number of aliphatic hydroxyl groups is 1. The van der Waals surface area contributed by atoms with Crippen molar-refractivity contribution in [2.75, 3.05) is 42.9 Å². The Morgan fingerprint density at radius 2 is 1.59 bits per heavy atom. The SMILES string of the molecule is OC(CN1CCN(c2nc(Nc3cccc4c3CCCC4)c3ccccc3n2)CC1)Cn1c2ccc(Cl)cc2c2cc(I)ccc21. The molecule has 46 heavy (non-hydrogen) atoms. The molecule has 1 fully saturated rings. The lowest BCUT2D eigenvalue weighted by molar-refractivity contribution is 0.0967. The highest BCUT2D eigenvalue weighted by atomic mass is 127. The number of hydrogen-bond acceptors (Lipinski definition) is 6. The van der Waals surface area contributed by atoms with Crippen LogP contribution in [0.25, 0.3) is 32.7 Å². The van der Waals surface area contributed by atoms with E-state index in [1.54, 1.807) is 0 Å². The Morgan fingerprint density at radius 1 is 0.804 bits per heavy atom. The van der Waals surface area contributed by atoms with Gasteiger partial charge in [-0.2, -0.15) is 4.98 Å². The first-order chi connectivity index (χ1) is 22.5. The molecule has 3 heterocycles. The molecule has 0 bridgehead atoms. The Bertz CT molecular complexity index is 2010. The minimum absolute atomic E-state index is 0.509. The number of benzene rings is 4. The molecule has 2 N–H and O–H groups in total. The topological polar surface area (TPSA) is 69.5 Å².